The number of carbonyl (C=O) groups is 2. The summed E-state index contributed by atoms with van der Waals surface area (Å²) in [5.41, 5.74) is 13.8. The molecule has 3 heterocycles. The van der Waals surface area contributed by atoms with Gasteiger partial charge in [0.2, 0.25) is 11.6 Å². The Morgan fingerprint density at radius 1 is 0.891 bits per heavy atom. The van der Waals surface area contributed by atoms with Crippen LogP contribution in [0.4, 0.5) is 11.4 Å². The van der Waals surface area contributed by atoms with Crippen molar-refractivity contribution in [2.75, 3.05) is 37.6 Å². The van der Waals surface area contributed by atoms with Crippen LogP contribution in [0.1, 0.15) is 122 Å². The minimum atomic E-state index is -0.760. The molecule has 2 N–H and O–H groups in total. The predicted octanol–water partition coefficient (Wildman–Crippen LogP) is 9.79. The number of hydrogen-bond acceptors (Lipinski definition) is 4. The van der Waals surface area contributed by atoms with E-state index in [0.29, 0.717) is 25.9 Å². The minimum Gasteiger partial charge on any atom is -0.481 e. The molecule has 0 spiro atoms. The Morgan fingerprint density at radius 3 is 2.27 bits per heavy atom. The Labute approximate surface area is 330 Å². The number of carboxylic acids is 1. The van der Waals surface area contributed by atoms with E-state index >= 15 is 0 Å². The zero-order valence-electron chi connectivity index (χ0n) is 34.9. The summed E-state index contributed by atoms with van der Waals surface area (Å²) in [7, 11) is 0. The number of hydrogen-bond donors (Lipinski definition) is 2. The first-order valence-electron chi connectivity index (χ1n) is 21.0. The molecule has 2 aromatic rings. The van der Waals surface area contributed by atoms with Gasteiger partial charge < -0.3 is 20.2 Å². The standard InChI is InChI=1S/C48H64N4O3/c1-9-11-26-51-40-20-16-33(3)30-38(40)47(5,6)42(51)22-18-35-14-13-15-36(45(35)49-32-44(53)50-28-24-37(25-29-50)46(54)55)19-23-43-48(7,8)39-31-34(4)17-21-41(39)52(43)27-12-10-2/h16-23,30-31,37H,9-15,24-29,32H2,1-8H3,(H,54,55)/p+1/b35-18+,42-22+. The lowest BCUT2D eigenvalue weighted by molar-refractivity contribution is -0.438. The van der Waals surface area contributed by atoms with Crippen LogP contribution in [0.5, 0.6) is 0 Å². The number of unbranched alkanes of at least 4 members (excludes halogenated alkanes) is 2. The van der Waals surface area contributed by atoms with Crippen molar-refractivity contribution in [3.8, 4) is 0 Å². The molecule has 6 rings (SSSR count). The zero-order valence-corrected chi connectivity index (χ0v) is 34.9. The van der Waals surface area contributed by atoms with Crippen molar-refractivity contribution < 1.29 is 19.3 Å². The molecule has 7 nitrogen and oxygen atoms in total. The number of carboxylic acid groups (broad SMARTS) is 1. The zero-order chi connectivity index (χ0) is 39.5. The molecule has 0 radical (unpaired) electrons. The maximum Gasteiger partial charge on any atom is 0.306 e. The normalized spacial score (nSPS) is 20.9. The number of allylic oxidation sites excluding steroid dienone is 7. The van der Waals surface area contributed by atoms with Gasteiger partial charge in [-0.3, -0.25) is 9.59 Å². The highest BCUT2D eigenvalue weighted by Gasteiger charge is 2.44. The van der Waals surface area contributed by atoms with Gasteiger partial charge in [-0.25, -0.2) is 0 Å². The Balaban J connectivity index is 1.39. The highest BCUT2D eigenvalue weighted by molar-refractivity contribution is 6.03. The van der Waals surface area contributed by atoms with Gasteiger partial charge in [0, 0.05) is 66.3 Å². The van der Waals surface area contributed by atoms with E-state index in [4.69, 9.17) is 0 Å². The number of fused-ring (bicyclic) bond motifs is 2. The smallest absolute Gasteiger partial charge is 0.306 e. The fourth-order valence-corrected chi connectivity index (χ4v) is 9.19. The molecule has 0 unspecified atom stereocenters. The Bertz CT molecular complexity index is 1950. The summed E-state index contributed by atoms with van der Waals surface area (Å²) >= 11 is 0. The van der Waals surface area contributed by atoms with Crippen LogP contribution in [0.15, 0.2) is 83.2 Å². The van der Waals surface area contributed by atoms with Crippen molar-refractivity contribution in [1.82, 2.24) is 10.2 Å². The molecule has 0 atom stereocenters. The quantitative estimate of drug-likeness (QED) is 0.200. The lowest BCUT2D eigenvalue weighted by Gasteiger charge is -2.31. The summed E-state index contributed by atoms with van der Waals surface area (Å²) in [6.07, 6.45) is 17.8. The van der Waals surface area contributed by atoms with E-state index in [1.54, 1.807) is 0 Å². The SMILES string of the molecule is CCCCN1/C(=C/C=C2\CCCC(C=CC3=[N+](CCCC)c4ccc(C)cc4C3(C)C)=C2NCC(=O)N2CCC(C(=O)O)CC2)C(C)(C)c2cc(C)ccc21. The summed E-state index contributed by atoms with van der Waals surface area (Å²) in [4.78, 5) is 29.6. The highest BCUT2D eigenvalue weighted by Crippen LogP contribution is 2.48. The van der Waals surface area contributed by atoms with Crippen LogP contribution in [0.25, 0.3) is 0 Å². The Morgan fingerprint density at radius 2 is 1.58 bits per heavy atom. The topological polar surface area (TPSA) is 75.9 Å². The van der Waals surface area contributed by atoms with E-state index in [0.717, 1.165) is 63.7 Å². The van der Waals surface area contributed by atoms with Crippen LogP contribution in [-0.4, -0.2) is 64.9 Å². The molecule has 3 aliphatic heterocycles. The second-order valence-electron chi connectivity index (χ2n) is 17.4. The first-order chi connectivity index (χ1) is 26.3. The number of amides is 1. The van der Waals surface area contributed by atoms with Gasteiger partial charge in [0.1, 0.15) is 6.54 Å². The summed E-state index contributed by atoms with van der Waals surface area (Å²) in [5.74, 6) is -1.10. The number of likely N-dealkylation sites (tertiary alicyclic amines) is 1. The highest BCUT2D eigenvalue weighted by atomic mass is 16.4. The fourth-order valence-electron chi connectivity index (χ4n) is 9.19. The lowest BCUT2D eigenvalue weighted by atomic mass is 9.80. The molecule has 4 aliphatic rings. The number of piperidine rings is 1. The van der Waals surface area contributed by atoms with Crippen molar-refractivity contribution in [2.45, 2.75) is 124 Å². The van der Waals surface area contributed by atoms with Crippen LogP contribution in [0.3, 0.4) is 0 Å². The number of aliphatic carboxylic acids is 1. The van der Waals surface area contributed by atoms with Gasteiger partial charge in [-0.2, -0.15) is 4.58 Å². The predicted molar refractivity (Wildman–Crippen MR) is 226 cm³/mol. The van der Waals surface area contributed by atoms with E-state index in [2.05, 4.69) is 131 Å². The third kappa shape index (κ3) is 8.27. The second kappa shape index (κ2) is 16.8. The molecule has 1 amide bonds. The molecule has 1 fully saturated rings. The van der Waals surface area contributed by atoms with Crippen molar-refractivity contribution in [1.29, 1.82) is 0 Å². The van der Waals surface area contributed by atoms with Gasteiger partial charge in [0.05, 0.1) is 17.9 Å². The van der Waals surface area contributed by atoms with E-state index in [9.17, 15) is 14.7 Å². The number of nitrogens with one attached hydrogen (secondary N) is 1. The molecule has 1 aliphatic carbocycles. The number of aryl methyl sites for hydroxylation is 2. The Hall–Kier alpha value is -4.39. The molecule has 7 heteroatoms. The average molecular weight is 746 g/mol. The van der Waals surface area contributed by atoms with E-state index in [1.165, 1.54) is 56.2 Å². The number of carbonyl (C=O) groups excluding carboxylic acids is 1. The molecule has 1 saturated heterocycles. The first-order valence-corrected chi connectivity index (χ1v) is 21.0. The minimum absolute atomic E-state index is 0.0271. The molecule has 294 valence electrons. The molecule has 0 bridgehead atoms. The Kier molecular flexibility index (Phi) is 12.3. The average Bonchev–Trinajstić information content (AvgIpc) is 3.50. The number of rotatable bonds is 13. The van der Waals surface area contributed by atoms with Gasteiger partial charge in [-0.05, 0) is 101 Å². The van der Waals surface area contributed by atoms with Crippen molar-refractivity contribution in [2.24, 2.45) is 5.92 Å². The third-order valence-electron chi connectivity index (χ3n) is 12.6. The maximum absolute atomic E-state index is 13.7. The summed E-state index contributed by atoms with van der Waals surface area (Å²) in [6, 6.07) is 13.8. The molecule has 0 aromatic heterocycles. The number of benzene rings is 2. The monoisotopic (exact) mass is 746 g/mol. The number of nitrogens with zero attached hydrogens (tertiary/aromatic N) is 3. The van der Waals surface area contributed by atoms with Crippen LogP contribution in [0.2, 0.25) is 0 Å². The van der Waals surface area contributed by atoms with Crippen LogP contribution in [-0.2, 0) is 20.4 Å². The molecule has 55 heavy (non-hydrogen) atoms. The van der Waals surface area contributed by atoms with E-state index in [-0.39, 0.29) is 29.2 Å². The van der Waals surface area contributed by atoms with Crippen molar-refractivity contribution in [3.05, 3.63) is 105 Å². The van der Waals surface area contributed by atoms with Gasteiger partial charge in [0.25, 0.3) is 0 Å². The third-order valence-corrected chi connectivity index (χ3v) is 12.6. The van der Waals surface area contributed by atoms with Crippen LogP contribution < -0.4 is 10.2 Å². The largest absolute Gasteiger partial charge is 0.481 e. The summed E-state index contributed by atoms with van der Waals surface area (Å²) in [5, 5.41) is 13.2. The molecule has 2 aromatic carbocycles. The van der Waals surface area contributed by atoms with E-state index in [1.807, 2.05) is 4.90 Å². The van der Waals surface area contributed by atoms with Gasteiger partial charge in [0.15, 0.2) is 5.71 Å². The summed E-state index contributed by atoms with van der Waals surface area (Å²) < 4.78 is 2.53. The number of anilines is 1. The maximum atomic E-state index is 13.7. The summed E-state index contributed by atoms with van der Waals surface area (Å²) in [6.45, 7) is 21.4. The van der Waals surface area contributed by atoms with Crippen molar-refractivity contribution in [3.63, 3.8) is 0 Å². The lowest BCUT2D eigenvalue weighted by Crippen LogP contribution is -2.44. The second-order valence-corrected chi connectivity index (χ2v) is 17.4. The molecular formula is C48H65N4O3+. The van der Waals surface area contributed by atoms with Gasteiger partial charge in [-0.1, -0.05) is 82.0 Å². The van der Waals surface area contributed by atoms with Crippen LogP contribution >= 0.6 is 0 Å². The van der Waals surface area contributed by atoms with Crippen LogP contribution in [0, 0.1) is 19.8 Å². The van der Waals surface area contributed by atoms with E-state index < -0.39 is 5.97 Å². The molecular weight excluding hydrogens is 681 g/mol. The van der Waals surface area contributed by atoms with Gasteiger partial charge in [-0.15, -0.1) is 0 Å². The van der Waals surface area contributed by atoms with Crippen molar-refractivity contribution >= 4 is 29.0 Å². The van der Waals surface area contributed by atoms with Gasteiger partial charge >= 0.3 is 5.97 Å². The first kappa shape index (κ1) is 40.3. The fraction of sp³-hybridized carbons (Fsp3) is 0.521. The molecule has 0 saturated carbocycles.